The summed E-state index contributed by atoms with van der Waals surface area (Å²) in [7, 11) is 0. The molecule has 3 aliphatic carbocycles. The molecular formula is C46H63N2PRu. The third kappa shape index (κ3) is 7.27. The van der Waals surface area contributed by atoms with Crippen molar-refractivity contribution in [1.29, 1.82) is 0 Å². The molecule has 1 saturated heterocycles. The van der Waals surface area contributed by atoms with Crippen LogP contribution in [0.3, 0.4) is 0 Å². The van der Waals surface area contributed by atoms with Crippen molar-refractivity contribution < 1.29 is 19.5 Å². The third-order valence-electron chi connectivity index (χ3n) is 12.9. The average molecular weight is 776 g/mol. The topological polar surface area (TPSA) is 6.48 Å². The van der Waals surface area contributed by atoms with E-state index in [1.807, 2.05) is 5.57 Å². The van der Waals surface area contributed by atoms with Crippen LogP contribution < -0.4 is 9.80 Å². The number of allylic oxidation sites excluding steroid dienone is 1. The van der Waals surface area contributed by atoms with E-state index in [0.29, 0.717) is 5.66 Å². The van der Waals surface area contributed by atoms with E-state index in [1.165, 1.54) is 140 Å². The Morgan fingerprint density at radius 1 is 0.560 bits per heavy atom. The molecule has 3 saturated carbocycles. The molecule has 0 amide bonds. The Morgan fingerprint density at radius 3 is 1.46 bits per heavy atom. The number of rotatable bonds is 6. The van der Waals surface area contributed by atoms with E-state index in [1.54, 1.807) is 5.82 Å². The zero-order valence-corrected chi connectivity index (χ0v) is 34.6. The summed E-state index contributed by atoms with van der Waals surface area (Å²) in [5.41, 5.74) is 17.2. The molecule has 1 atom stereocenters. The zero-order chi connectivity index (χ0) is 34.1. The van der Waals surface area contributed by atoms with E-state index in [2.05, 4.69) is 112 Å². The Bertz CT molecular complexity index is 1590. The van der Waals surface area contributed by atoms with Gasteiger partial charge in [-0.05, 0) is 131 Å². The minimum absolute atomic E-state index is 0. The Morgan fingerprint density at radius 2 is 1.00 bits per heavy atom. The molecule has 0 N–H and O–H groups in total. The third-order valence-corrected chi connectivity index (χ3v) is 18.8. The fraction of sp³-hybridized carbons (Fsp3) is 0.543. The number of hydrogen-bond acceptors (Lipinski definition) is 2. The molecule has 0 aromatic heterocycles. The van der Waals surface area contributed by atoms with Crippen molar-refractivity contribution in [1.82, 2.24) is 0 Å². The summed E-state index contributed by atoms with van der Waals surface area (Å²) in [6, 6.07) is 21.4. The number of anilines is 2. The summed E-state index contributed by atoms with van der Waals surface area (Å²) in [5.74, 6) is 4.59. The molecule has 270 valence electrons. The Hall–Kier alpha value is -2.08. The predicted molar refractivity (Wildman–Crippen MR) is 218 cm³/mol. The van der Waals surface area contributed by atoms with Crippen molar-refractivity contribution in [2.75, 3.05) is 22.9 Å². The van der Waals surface area contributed by atoms with Crippen molar-refractivity contribution in [2.45, 2.75) is 148 Å². The molecule has 0 spiro atoms. The average Bonchev–Trinajstić information content (AvgIpc) is 3.51. The molecule has 3 aromatic rings. The summed E-state index contributed by atoms with van der Waals surface area (Å²) >= 11 is 0. The van der Waals surface area contributed by atoms with Gasteiger partial charge < -0.3 is 9.80 Å². The minimum atomic E-state index is -1.59. The van der Waals surface area contributed by atoms with Crippen molar-refractivity contribution in [3.63, 3.8) is 0 Å². The van der Waals surface area contributed by atoms with Crippen molar-refractivity contribution in [3.8, 4) is 0 Å². The van der Waals surface area contributed by atoms with Gasteiger partial charge in [-0.2, -0.15) is 0 Å². The van der Waals surface area contributed by atoms with Crippen LogP contribution in [0.2, 0.25) is 0 Å². The van der Waals surface area contributed by atoms with E-state index in [4.69, 9.17) is 0 Å². The molecule has 3 aromatic carbocycles. The summed E-state index contributed by atoms with van der Waals surface area (Å²) in [5, 5.41) is 0. The molecule has 7 rings (SSSR count). The molecule has 1 unspecified atom stereocenters. The summed E-state index contributed by atoms with van der Waals surface area (Å²) < 4.78 is 0. The van der Waals surface area contributed by atoms with Gasteiger partial charge >= 0.3 is 0 Å². The van der Waals surface area contributed by atoms with Gasteiger partial charge in [-0.3, -0.25) is 0 Å². The molecule has 0 bridgehead atoms. The normalized spacial score (nSPS) is 21.0. The molecule has 4 aliphatic rings. The maximum Gasteiger partial charge on any atom is 0.113 e. The second kappa shape index (κ2) is 16.3. The molecule has 2 nitrogen and oxygen atoms in total. The first-order chi connectivity index (χ1) is 23.8. The molecule has 50 heavy (non-hydrogen) atoms. The first kappa shape index (κ1) is 37.7. The van der Waals surface area contributed by atoms with Crippen LogP contribution in [0.15, 0.2) is 66.0 Å². The van der Waals surface area contributed by atoms with Crippen LogP contribution in [0.4, 0.5) is 11.4 Å². The van der Waals surface area contributed by atoms with Crippen LogP contribution in [-0.2, 0) is 19.5 Å². The van der Waals surface area contributed by atoms with Gasteiger partial charge in [-0.15, -0.1) is 0 Å². The van der Waals surface area contributed by atoms with Gasteiger partial charge in [0, 0.05) is 49.6 Å². The van der Waals surface area contributed by atoms with Crippen LogP contribution in [0, 0.1) is 41.5 Å². The second-order valence-electron chi connectivity index (χ2n) is 16.4. The quantitative estimate of drug-likeness (QED) is 0.182. The molecule has 1 aliphatic heterocycles. The molecule has 0 radical (unpaired) electrons. The van der Waals surface area contributed by atoms with E-state index in [-0.39, 0.29) is 19.5 Å². The Kier molecular flexibility index (Phi) is 12.3. The Labute approximate surface area is 318 Å². The first-order valence-corrected chi connectivity index (χ1v) is 22.1. The number of hydrogen-bond donors (Lipinski definition) is 0. The minimum Gasteiger partial charge on any atom is -0.325 e. The van der Waals surface area contributed by atoms with Crippen LogP contribution >= 0.6 is 6.89 Å². The number of benzene rings is 3. The van der Waals surface area contributed by atoms with E-state index in [9.17, 15) is 0 Å². The molecule has 4 heteroatoms. The number of aryl methyl sites for hydroxylation is 6. The second-order valence-corrected chi connectivity index (χ2v) is 20.6. The summed E-state index contributed by atoms with van der Waals surface area (Å²) in [6.45, 7) is 14.5. The predicted octanol–water partition coefficient (Wildman–Crippen LogP) is 12.5. The smallest absolute Gasteiger partial charge is 0.113 e. The van der Waals surface area contributed by atoms with Gasteiger partial charge in [-0.25, -0.2) is 0 Å². The molecule has 4 fully saturated rings. The largest absolute Gasteiger partial charge is 0.325 e. The van der Waals surface area contributed by atoms with Crippen molar-refractivity contribution >= 4 is 24.1 Å². The number of nitrogens with zero attached hydrogens (tertiary/aromatic N) is 2. The van der Waals surface area contributed by atoms with Crippen molar-refractivity contribution in [2.24, 2.45) is 0 Å². The summed E-state index contributed by atoms with van der Waals surface area (Å²) in [6.07, 6.45) is 19.8. The van der Waals surface area contributed by atoms with Crippen molar-refractivity contribution in [3.05, 3.63) is 105 Å². The van der Waals surface area contributed by atoms with Crippen LogP contribution in [0.25, 0.3) is 0 Å². The molecular weight excluding hydrogens is 713 g/mol. The van der Waals surface area contributed by atoms with E-state index >= 15 is 0 Å². The van der Waals surface area contributed by atoms with Crippen LogP contribution in [0.1, 0.15) is 129 Å². The van der Waals surface area contributed by atoms with Crippen LogP contribution in [0.5, 0.6) is 0 Å². The van der Waals surface area contributed by atoms with Crippen LogP contribution in [-0.4, -0.2) is 35.9 Å². The SMILES string of the molecule is Cc1cc(C)c(N2CCN(c3c(C)cc(C)cc3C)C2=C2CCCCC2P(=Cc2ccccc2)(C2CCCCC2)C2CCCCC2)c(C)c1.[Ru]. The zero-order valence-electron chi connectivity index (χ0n) is 32.0. The summed E-state index contributed by atoms with van der Waals surface area (Å²) in [4.78, 5) is 5.66. The Balaban J connectivity index is 0.00000432. The standard InChI is InChI=1S/C46H63N2P.Ru/c1-33-28-35(3)44(36(4)29-33)47-26-27-48(45-37(5)30-34(2)31-38(45)6)46(47)42-24-16-17-25-43(42)49(40-20-12-8-13-21-40,41-22-14-9-15-23-41)32-39-18-10-7-11-19-39;/h7,10-11,18-19,28-32,40-41,43H,8-9,12-17,20-27H2,1-6H3;. The molecule has 1 heterocycles. The van der Waals surface area contributed by atoms with Gasteiger partial charge in [0.1, 0.15) is 5.82 Å². The monoisotopic (exact) mass is 776 g/mol. The van der Waals surface area contributed by atoms with Gasteiger partial charge in [0.15, 0.2) is 0 Å². The fourth-order valence-corrected chi connectivity index (χ4v) is 18.1. The van der Waals surface area contributed by atoms with Gasteiger partial charge in [-0.1, -0.05) is 123 Å². The van der Waals surface area contributed by atoms with Gasteiger partial charge in [0.2, 0.25) is 0 Å². The van der Waals surface area contributed by atoms with E-state index in [0.717, 1.165) is 24.4 Å². The van der Waals surface area contributed by atoms with Gasteiger partial charge in [0.25, 0.3) is 0 Å². The maximum absolute atomic E-state index is 3.02. The van der Waals surface area contributed by atoms with E-state index < -0.39 is 6.89 Å². The maximum atomic E-state index is 3.02. The first-order valence-electron chi connectivity index (χ1n) is 20.0. The van der Waals surface area contributed by atoms with Gasteiger partial charge in [0.05, 0.1) is 0 Å². The fourth-order valence-electron chi connectivity index (χ4n) is 11.2.